The quantitative estimate of drug-likeness (QED) is 0.668. The largest absolute Gasteiger partial charge is 0.408 e. The summed E-state index contributed by atoms with van der Waals surface area (Å²) < 4.78 is 10.3. The highest BCUT2D eigenvalue weighted by Gasteiger charge is 2.13. The number of hydrogen-bond donors (Lipinski definition) is 1. The SMILES string of the molecule is COCCN(CCO)c1nnc(CCCl)o1. The third kappa shape index (κ3) is 3.96. The summed E-state index contributed by atoms with van der Waals surface area (Å²) in [6.07, 6.45) is 0.547. The molecule has 7 heteroatoms. The Morgan fingerprint density at radius 2 is 2.25 bits per heavy atom. The van der Waals surface area contributed by atoms with E-state index in [0.717, 1.165) is 0 Å². The van der Waals surface area contributed by atoms with Gasteiger partial charge in [-0.25, -0.2) is 0 Å². The van der Waals surface area contributed by atoms with Crippen molar-refractivity contribution < 1.29 is 14.3 Å². The van der Waals surface area contributed by atoms with Crippen molar-refractivity contribution in [2.45, 2.75) is 6.42 Å². The van der Waals surface area contributed by atoms with Gasteiger partial charge in [-0.3, -0.25) is 0 Å². The van der Waals surface area contributed by atoms with E-state index in [0.29, 0.717) is 43.9 Å². The number of alkyl halides is 1. The van der Waals surface area contributed by atoms with Crippen molar-refractivity contribution in [3.05, 3.63) is 5.89 Å². The number of aryl methyl sites for hydroxylation is 1. The number of hydrogen-bond acceptors (Lipinski definition) is 6. The molecule has 0 spiro atoms. The van der Waals surface area contributed by atoms with E-state index in [2.05, 4.69) is 10.2 Å². The second-order valence-electron chi connectivity index (χ2n) is 3.12. The molecular weight excluding hydrogens is 234 g/mol. The fourth-order valence-electron chi connectivity index (χ4n) is 1.18. The van der Waals surface area contributed by atoms with Crippen LogP contribution in [0.25, 0.3) is 0 Å². The molecule has 0 radical (unpaired) electrons. The van der Waals surface area contributed by atoms with Crippen LogP contribution in [0.3, 0.4) is 0 Å². The van der Waals surface area contributed by atoms with Crippen LogP contribution in [0.15, 0.2) is 4.42 Å². The Labute approximate surface area is 99.2 Å². The number of methoxy groups -OCH3 is 1. The molecule has 16 heavy (non-hydrogen) atoms. The van der Waals surface area contributed by atoms with Gasteiger partial charge in [-0.2, -0.15) is 0 Å². The molecule has 0 unspecified atom stereocenters. The van der Waals surface area contributed by atoms with Crippen LogP contribution in [0.1, 0.15) is 5.89 Å². The lowest BCUT2D eigenvalue weighted by Crippen LogP contribution is -2.30. The molecule has 1 rings (SSSR count). The highest BCUT2D eigenvalue weighted by molar-refractivity contribution is 6.17. The number of rotatable bonds is 8. The molecule has 0 amide bonds. The van der Waals surface area contributed by atoms with Crippen LogP contribution in [-0.2, 0) is 11.2 Å². The van der Waals surface area contributed by atoms with Gasteiger partial charge in [0.1, 0.15) is 0 Å². The molecule has 0 saturated heterocycles. The van der Waals surface area contributed by atoms with Crippen molar-refractivity contribution in [3.63, 3.8) is 0 Å². The van der Waals surface area contributed by atoms with Crippen LogP contribution >= 0.6 is 11.6 Å². The lowest BCUT2D eigenvalue weighted by molar-refractivity contribution is 0.201. The smallest absolute Gasteiger partial charge is 0.318 e. The van der Waals surface area contributed by atoms with E-state index in [1.165, 1.54) is 0 Å². The van der Waals surface area contributed by atoms with Crippen molar-refractivity contribution in [2.75, 3.05) is 44.2 Å². The lowest BCUT2D eigenvalue weighted by Gasteiger charge is -2.17. The van der Waals surface area contributed by atoms with Crippen molar-refractivity contribution in [3.8, 4) is 0 Å². The van der Waals surface area contributed by atoms with Gasteiger partial charge >= 0.3 is 6.01 Å². The zero-order chi connectivity index (χ0) is 11.8. The summed E-state index contributed by atoms with van der Waals surface area (Å²) >= 11 is 5.57. The van der Waals surface area contributed by atoms with Crippen LogP contribution in [0.5, 0.6) is 0 Å². The van der Waals surface area contributed by atoms with Gasteiger partial charge in [0.25, 0.3) is 0 Å². The van der Waals surface area contributed by atoms with Gasteiger partial charge in [-0.15, -0.1) is 16.7 Å². The predicted molar refractivity (Wildman–Crippen MR) is 59.9 cm³/mol. The average molecular weight is 250 g/mol. The van der Waals surface area contributed by atoms with Crippen LogP contribution in [0.2, 0.25) is 0 Å². The predicted octanol–water partition coefficient (Wildman–Crippen LogP) is 0.296. The number of ether oxygens (including phenoxy) is 1. The van der Waals surface area contributed by atoms with Gasteiger partial charge in [0.15, 0.2) is 0 Å². The molecule has 0 bridgehead atoms. The fourth-order valence-corrected chi connectivity index (χ4v) is 1.34. The Morgan fingerprint density at radius 1 is 1.44 bits per heavy atom. The first-order valence-electron chi connectivity index (χ1n) is 5.05. The minimum atomic E-state index is 0.0247. The van der Waals surface area contributed by atoms with E-state index in [-0.39, 0.29) is 6.61 Å². The van der Waals surface area contributed by atoms with Crippen LogP contribution < -0.4 is 4.90 Å². The topological polar surface area (TPSA) is 71.6 Å². The molecule has 0 aliphatic heterocycles. The van der Waals surface area contributed by atoms with Gasteiger partial charge < -0.3 is 19.2 Å². The van der Waals surface area contributed by atoms with E-state index < -0.39 is 0 Å². The Balaban J connectivity index is 2.59. The molecule has 0 aliphatic carbocycles. The summed E-state index contributed by atoms with van der Waals surface area (Å²) in [5, 5.41) is 16.7. The van der Waals surface area contributed by atoms with E-state index in [9.17, 15) is 0 Å². The Hall–Kier alpha value is -0.850. The maximum absolute atomic E-state index is 8.91. The highest BCUT2D eigenvalue weighted by atomic mass is 35.5. The lowest BCUT2D eigenvalue weighted by atomic mass is 10.5. The molecule has 92 valence electrons. The minimum Gasteiger partial charge on any atom is -0.408 e. The first-order chi connectivity index (χ1) is 7.81. The van der Waals surface area contributed by atoms with Crippen molar-refractivity contribution in [1.82, 2.24) is 10.2 Å². The number of halogens is 1. The average Bonchev–Trinajstić information content (AvgIpc) is 2.73. The standard InChI is InChI=1S/C9H16ClN3O3/c1-15-7-5-13(4-6-14)9-12-11-8(16-9)2-3-10/h14H,2-7H2,1H3. The first kappa shape index (κ1) is 13.2. The van der Waals surface area contributed by atoms with E-state index in [4.69, 9.17) is 25.9 Å². The molecule has 0 aromatic carbocycles. The Bertz CT molecular complexity index is 295. The summed E-state index contributed by atoms with van der Waals surface area (Å²) in [4.78, 5) is 1.77. The molecule has 0 aliphatic rings. The van der Waals surface area contributed by atoms with Crippen LogP contribution in [0.4, 0.5) is 6.01 Å². The van der Waals surface area contributed by atoms with Gasteiger partial charge in [0.05, 0.1) is 13.2 Å². The van der Waals surface area contributed by atoms with Gasteiger partial charge in [0.2, 0.25) is 5.89 Å². The van der Waals surface area contributed by atoms with Gasteiger partial charge in [-0.1, -0.05) is 5.10 Å². The maximum atomic E-state index is 8.91. The number of aliphatic hydroxyl groups excluding tert-OH is 1. The van der Waals surface area contributed by atoms with Gasteiger partial charge in [-0.05, 0) is 0 Å². The summed E-state index contributed by atoms with van der Waals surface area (Å²) in [5.41, 5.74) is 0. The van der Waals surface area contributed by atoms with Crippen molar-refractivity contribution in [2.24, 2.45) is 0 Å². The number of nitrogens with zero attached hydrogens (tertiary/aromatic N) is 3. The molecule has 1 aromatic heterocycles. The van der Waals surface area contributed by atoms with Crippen LogP contribution in [-0.4, -0.2) is 54.6 Å². The summed E-state index contributed by atoms with van der Waals surface area (Å²) in [6.45, 7) is 1.59. The Morgan fingerprint density at radius 3 is 2.88 bits per heavy atom. The number of aromatic nitrogens is 2. The van der Waals surface area contributed by atoms with E-state index in [1.54, 1.807) is 12.0 Å². The molecule has 1 heterocycles. The van der Waals surface area contributed by atoms with Crippen molar-refractivity contribution in [1.29, 1.82) is 0 Å². The summed E-state index contributed by atoms with van der Waals surface area (Å²) in [7, 11) is 1.61. The maximum Gasteiger partial charge on any atom is 0.318 e. The number of anilines is 1. The van der Waals surface area contributed by atoms with E-state index in [1.807, 2.05) is 0 Å². The molecular formula is C9H16ClN3O3. The molecule has 6 nitrogen and oxygen atoms in total. The van der Waals surface area contributed by atoms with Crippen LogP contribution in [0, 0.1) is 0 Å². The fraction of sp³-hybridized carbons (Fsp3) is 0.778. The molecule has 0 atom stereocenters. The number of aliphatic hydroxyl groups is 1. The third-order valence-corrected chi connectivity index (χ3v) is 2.16. The minimum absolute atomic E-state index is 0.0247. The highest BCUT2D eigenvalue weighted by Crippen LogP contribution is 2.12. The normalized spacial score (nSPS) is 10.7. The monoisotopic (exact) mass is 249 g/mol. The second kappa shape index (κ2) is 7.43. The zero-order valence-corrected chi connectivity index (χ0v) is 9.98. The first-order valence-corrected chi connectivity index (χ1v) is 5.58. The summed E-state index contributed by atoms with van der Waals surface area (Å²) in [6, 6.07) is 0.395. The molecule has 1 aromatic rings. The van der Waals surface area contributed by atoms with E-state index >= 15 is 0 Å². The van der Waals surface area contributed by atoms with Crippen molar-refractivity contribution >= 4 is 17.6 Å². The molecule has 0 fully saturated rings. The second-order valence-corrected chi connectivity index (χ2v) is 3.50. The molecule has 1 N–H and O–H groups in total. The van der Waals surface area contributed by atoms with Gasteiger partial charge in [0, 0.05) is 32.5 Å². The summed E-state index contributed by atoms with van der Waals surface area (Å²) in [5.74, 6) is 0.949. The molecule has 0 saturated carbocycles. The third-order valence-electron chi connectivity index (χ3n) is 1.97. The zero-order valence-electron chi connectivity index (χ0n) is 9.23. The Kier molecular flexibility index (Phi) is 6.14.